The molecule has 0 aromatic rings. The van der Waals surface area contributed by atoms with Gasteiger partial charge in [0, 0.05) is 6.42 Å². The summed E-state index contributed by atoms with van der Waals surface area (Å²) in [5.74, 6) is -0.0869. The minimum absolute atomic E-state index is 0.0869. The molecule has 120 valence electrons. The van der Waals surface area contributed by atoms with Crippen LogP contribution in [-0.4, -0.2) is 13.1 Å². The number of hydrogen-bond donors (Lipinski definition) is 0. The fraction of sp³-hybridized carbons (Fsp3) is 0.632. The summed E-state index contributed by atoms with van der Waals surface area (Å²) in [4.78, 5) is 10.9. The third-order valence-corrected chi connectivity index (χ3v) is 3.26. The normalized spacial score (nSPS) is 11.9. The lowest BCUT2D eigenvalue weighted by atomic mass is 10.1. The van der Waals surface area contributed by atoms with Crippen molar-refractivity contribution in [3.8, 4) is 0 Å². The second-order valence-corrected chi connectivity index (χ2v) is 5.18. The Labute approximate surface area is 131 Å². The van der Waals surface area contributed by atoms with Gasteiger partial charge in [-0.05, 0) is 38.5 Å². The maximum Gasteiger partial charge on any atom is 0.305 e. The van der Waals surface area contributed by atoms with E-state index in [1.807, 2.05) is 0 Å². The minimum Gasteiger partial charge on any atom is -0.469 e. The summed E-state index contributed by atoms with van der Waals surface area (Å²) in [6, 6.07) is 0. The molecule has 0 aliphatic carbocycles. The lowest BCUT2D eigenvalue weighted by Crippen LogP contribution is -1.98. The zero-order chi connectivity index (χ0) is 15.6. The lowest BCUT2D eigenvalue weighted by Gasteiger charge is -1.99. The van der Waals surface area contributed by atoms with Crippen molar-refractivity contribution in [3.05, 3.63) is 36.5 Å². The van der Waals surface area contributed by atoms with Crippen molar-refractivity contribution in [2.45, 2.75) is 71.1 Å². The van der Waals surface area contributed by atoms with Gasteiger partial charge in [0.05, 0.1) is 7.11 Å². The number of rotatable bonds is 13. The molecule has 0 unspecified atom stereocenters. The molecular formula is C19H32O2. The molecule has 2 nitrogen and oxygen atoms in total. The maximum absolute atomic E-state index is 10.9. The first kappa shape index (κ1) is 19.7. The quantitative estimate of drug-likeness (QED) is 0.245. The molecule has 2 heteroatoms. The highest BCUT2D eigenvalue weighted by Crippen LogP contribution is 2.08. The number of unbranched alkanes of at least 4 members (excludes halogenated alkanes) is 5. The molecule has 0 aliphatic rings. The van der Waals surface area contributed by atoms with Gasteiger partial charge >= 0.3 is 5.97 Å². The number of carbonyl (C=O) groups is 1. The molecule has 21 heavy (non-hydrogen) atoms. The van der Waals surface area contributed by atoms with Crippen molar-refractivity contribution < 1.29 is 9.53 Å². The van der Waals surface area contributed by atoms with Crippen LogP contribution in [0.2, 0.25) is 0 Å². The summed E-state index contributed by atoms with van der Waals surface area (Å²) < 4.78 is 4.61. The van der Waals surface area contributed by atoms with E-state index in [4.69, 9.17) is 0 Å². The van der Waals surface area contributed by atoms with E-state index in [1.54, 1.807) is 0 Å². The first-order chi connectivity index (χ1) is 10.3. The Bertz CT molecular complexity index is 314. The van der Waals surface area contributed by atoms with Crippen LogP contribution in [0, 0.1) is 0 Å². The van der Waals surface area contributed by atoms with Gasteiger partial charge in [-0.1, -0.05) is 62.6 Å². The fourth-order valence-electron chi connectivity index (χ4n) is 1.99. The summed E-state index contributed by atoms with van der Waals surface area (Å²) in [7, 11) is 1.45. The van der Waals surface area contributed by atoms with E-state index in [0.29, 0.717) is 6.42 Å². The largest absolute Gasteiger partial charge is 0.469 e. The van der Waals surface area contributed by atoms with E-state index in [9.17, 15) is 4.79 Å². The summed E-state index contributed by atoms with van der Waals surface area (Å²) in [5, 5.41) is 0. The van der Waals surface area contributed by atoms with Crippen LogP contribution in [-0.2, 0) is 9.53 Å². The van der Waals surface area contributed by atoms with Crippen molar-refractivity contribution in [2.24, 2.45) is 0 Å². The molecule has 0 atom stereocenters. The molecule has 0 amide bonds. The van der Waals surface area contributed by atoms with Crippen molar-refractivity contribution in [3.63, 3.8) is 0 Å². The number of esters is 1. The zero-order valence-electron chi connectivity index (χ0n) is 13.9. The number of methoxy groups -OCH3 is 1. The minimum atomic E-state index is -0.0869. The second-order valence-electron chi connectivity index (χ2n) is 5.18. The molecule has 0 aromatic heterocycles. The van der Waals surface area contributed by atoms with Crippen LogP contribution < -0.4 is 0 Å². The van der Waals surface area contributed by atoms with Gasteiger partial charge in [-0.2, -0.15) is 0 Å². The van der Waals surface area contributed by atoms with E-state index in [-0.39, 0.29) is 5.97 Å². The van der Waals surface area contributed by atoms with E-state index >= 15 is 0 Å². The van der Waals surface area contributed by atoms with Gasteiger partial charge in [-0.15, -0.1) is 0 Å². The fourth-order valence-corrected chi connectivity index (χ4v) is 1.99. The van der Waals surface area contributed by atoms with E-state index in [1.165, 1.54) is 32.8 Å². The van der Waals surface area contributed by atoms with Gasteiger partial charge in [0.1, 0.15) is 0 Å². The molecule has 0 saturated heterocycles. The average Bonchev–Trinajstić information content (AvgIpc) is 2.50. The molecule has 0 aliphatic heterocycles. The van der Waals surface area contributed by atoms with E-state index in [2.05, 4.69) is 48.1 Å². The molecule has 0 heterocycles. The number of ether oxygens (including phenoxy) is 1. The zero-order valence-corrected chi connectivity index (χ0v) is 13.9. The van der Waals surface area contributed by atoms with Crippen LogP contribution in [0.5, 0.6) is 0 Å². The Morgan fingerprint density at radius 3 is 2.05 bits per heavy atom. The van der Waals surface area contributed by atoms with Crippen molar-refractivity contribution >= 4 is 5.97 Å². The highest BCUT2D eigenvalue weighted by Gasteiger charge is 1.98. The monoisotopic (exact) mass is 292 g/mol. The Morgan fingerprint density at radius 2 is 1.38 bits per heavy atom. The van der Waals surface area contributed by atoms with Gasteiger partial charge in [0.15, 0.2) is 0 Å². The van der Waals surface area contributed by atoms with Gasteiger partial charge in [0.2, 0.25) is 0 Å². The van der Waals surface area contributed by atoms with Gasteiger partial charge in [-0.25, -0.2) is 0 Å². The molecule has 0 bridgehead atoms. The van der Waals surface area contributed by atoms with Crippen molar-refractivity contribution in [2.75, 3.05) is 7.11 Å². The topological polar surface area (TPSA) is 26.3 Å². The van der Waals surface area contributed by atoms with Gasteiger partial charge in [-0.3, -0.25) is 4.79 Å². The summed E-state index contributed by atoms with van der Waals surface area (Å²) in [5.41, 5.74) is 0. The molecule has 0 saturated carbocycles. The third-order valence-electron chi connectivity index (χ3n) is 3.26. The lowest BCUT2D eigenvalue weighted by molar-refractivity contribution is -0.140. The van der Waals surface area contributed by atoms with Gasteiger partial charge < -0.3 is 4.74 Å². The summed E-state index contributed by atoms with van der Waals surface area (Å²) in [6.45, 7) is 2.15. The van der Waals surface area contributed by atoms with Crippen LogP contribution in [0.15, 0.2) is 36.5 Å². The highest BCUT2D eigenvalue weighted by atomic mass is 16.5. The number of hydrogen-bond acceptors (Lipinski definition) is 2. The standard InChI is InChI=1S/C19H32O2/c1-3-4-5-6-7-8-9-10-11-12-13-14-15-16-17-18-19(20)21-2/h4-5,7-8,10-11H,3,6,9,12-18H2,1-2H3. The van der Waals surface area contributed by atoms with E-state index < -0.39 is 0 Å². The summed E-state index contributed by atoms with van der Waals surface area (Å²) in [6.07, 6.45) is 24.1. The van der Waals surface area contributed by atoms with Crippen molar-refractivity contribution in [1.82, 2.24) is 0 Å². The highest BCUT2D eigenvalue weighted by molar-refractivity contribution is 5.68. The predicted molar refractivity (Wildman–Crippen MR) is 91.3 cm³/mol. The van der Waals surface area contributed by atoms with Crippen LogP contribution in [0.3, 0.4) is 0 Å². The van der Waals surface area contributed by atoms with Crippen LogP contribution in [0.25, 0.3) is 0 Å². The molecule has 0 N–H and O–H groups in total. The Balaban J connectivity index is 3.25. The molecule has 0 spiro atoms. The Kier molecular flexibility index (Phi) is 15.7. The molecule has 0 fully saturated rings. The third kappa shape index (κ3) is 16.6. The second kappa shape index (κ2) is 16.7. The molecular weight excluding hydrogens is 260 g/mol. The smallest absolute Gasteiger partial charge is 0.305 e. The molecule has 0 rings (SSSR count). The van der Waals surface area contributed by atoms with Gasteiger partial charge in [0.25, 0.3) is 0 Å². The van der Waals surface area contributed by atoms with Crippen LogP contribution in [0.1, 0.15) is 71.1 Å². The van der Waals surface area contributed by atoms with Crippen LogP contribution in [0.4, 0.5) is 0 Å². The Hall–Kier alpha value is -1.31. The average molecular weight is 292 g/mol. The number of allylic oxidation sites excluding steroid dienone is 6. The molecule has 0 aromatic carbocycles. The van der Waals surface area contributed by atoms with E-state index in [0.717, 1.165) is 32.1 Å². The predicted octanol–water partition coefficient (Wildman–Crippen LogP) is 5.75. The van der Waals surface area contributed by atoms with Crippen molar-refractivity contribution in [1.29, 1.82) is 0 Å². The first-order valence-electron chi connectivity index (χ1n) is 8.33. The SMILES string of the molecule is CCC=CCC=CCC=CCCCCCCCC(=O)OC. The summed E-state index contributed by atoms with van der Waals surface area (Å²) >= 11 is 0. The first-order valence-corrected chi connectivity index (χ1v) is 8.33. The molecule has 0 radical (unpaired) electrons. The maximum atomic E-state index is 10.9. The number of carbonyl (C=O) groups excluding carboxylic acids is 1. The van der Waals surface area contributed by atoms with Crippen LogP contribution >= 0.6 is 0 Å². The Morgan fingerprint density at radius 1 is 0.810 bits per heavy atom.